The molecule has 1 heterocycles. The molecule has 1 aliphatic rings. The van der Waals surface area contributed by atoms with Crippen molar-refractivity contribution in [3.05, 3.63) is 35.9 Å². The SMILES string of the molecule is CCNCCN(C[C@@]1(c2ccccc2)SC(NC(=O)C(C)(C)C)=NN1C(=O)C(C)(C)C)S(=O)[O-]. The van der Waals surface area contributed by atoms with Crippen molar-refractivity contribution in [1.29, 1.82) is 0 Å². The van der Waals surface area contributed by atoms with Gasteiger partial charge in [0.2, 0.25) is 11.8 Å². The van der Waals surface area contributed by atoms with Crippen LogP contribution in [0.25, 0.3) is 0 Å². The van der Waals surface area contributed by atoms with Crippen LogP contribution < -0.4 is 10.6 Å². The molecule has 1 aromatic rings. The third-order valence-electron chi connectivity index (χ3n) is 5.15. The molecule has 2 N–H and O–H groups in total. The van der Waals surface area contributed by atoms with Gasteiger partial charge in [-0.25, -0.2) is 9.31 Å². The predicted molar refractivity (Wildman–Crippen MR) is 136 cm³/mol. The first-order valence-electron chi connectivity index (χ1n) is 11.3. The molecule has 0 saturated heterocycles. The average Bonchev–Trinajstić information content (AvgIpc) is 3.10. The molecule has 1 aromatic carbocycles. The van der Waals surface area contributed by atoms with E-state index in [0.717, 1.165) is 0 Å². The number of nitrogens with zero attached hydrogens (tertiary/aromatic N) is 3. The molecule has 34 heavy (non-hydrogen) atoms. The van der Waals surface area contributed by atoms with Crippen LogP contribution in [0.2, 0.25) is 0 Å². The summed E-state index contributed by atoms with van der Waals surface area (Å²) in [4.78, 5) is 25.1. The van der Waals surface area contributed by atoms with Crippen molar-refractivity contribution in [2.45, 2.75) is 53.3 Å². The van der Waals surface area contributed by atoms with Crippen molar-refractivity contribution >= 4 is 40.0 Å². The molecule has 0 aliphatic carbocycles. The van der Waals surface area contributed by atoms with Crippen LogP contribution in [0.1, 0.15) is 54.0 Å². The van der Waals surface area contributed by atoms with Crippen LogP contribution in [-0.2, 0) is 25.7 Å². The van der Waals surface area contributed by atoms with E-state index in [1.54, 1.807) is 41.5 Å². The lowest BCUT2D eigenvalue weighted by Gasteiger charge is -2.41. The third kappa shape index (κ3) is 6.88. The molecule has 11 heteroatoms. The monoisotopic (exact) mass is 510 g/mol. The Labute approximate surface area is 209 Å². The van der Waals surface area contributed by atoms with E-state index in [1.165, 1.54) is 21.1 Å². The first kappa shape index (κ1) is 28.4. The quantitative estimate of drug-likeness (QED) is 0.410. The molecule has 0 bridgehead atoms. The van der Waals surface area contributed by atoms with Crippen LogP contribution in [0.3, 0.4) is 0 Å². The zero-order chi connectivity index (χ0) is 25.7. The highest BCUT2D eigenvalue weighted by atomic mass is 32.2. The summed E-state index contributed by atoms with van der Waals surface area (Å²) in [5, 5.41) is 12.1. The highest BCUT2D eigenvalue weighted by Crippen LogP contribution is 2.47. The second-order valence-corrected chi connectivity index (χ2v) is 12.4. The molecule has 9 nitrogen and oxygen atoms in total. The summed E-state index contributed by atoms with van der Waals surface area (Å²) in [5.74, 6) is -0.533. The van der Waals surface area contributed by atoms with Gasteiger partial charge in [-0.1, -0.05) is 78.8 Å². The molecular weight excluding hydrogens is 474 g/mol. The normalized spacial score (nSPS) is 19.8. The minimum Gasteiger partial charge on any atom is -0.760 e. The maximum atomic E-state index is 13.6. The van der Waals surface area contributed by atoms with E-state index in [9.17, 15) is 18.4 Å². The zero-order valence-electron chi connectivity index (χ0n) is 21.0. The Morgan fingerprint density at radius 3 is 2.26 bits per heavy atom. The third-order valence-corrected chi connectivity index (χ3v) is 7.13. The van der Waals surface area contributed by atoms with Crippen molar-refractivity contribution < 1.29 is 18.4 Å². The van der Waals surface area contributed by atoms with Crippen molar-refractivity contribution in [2.75, 3.05) is 26.2 Å². The lowest BCUT2D eigenvalue weighted by Crippen LogP contribution is -2.53. The summed E-state index contributed by atoms with van der Waals surface area (Å²) >= 11 is -1.35. The number of benzene rings is 1. The van der Waals surface area contributed by atoms with E-state index in [1.807, 2.05) is 37.3 Å². The van der Waals surface area contributed by atoms with Crippen LogP contribution >= 0.6 is 11.8 Å². The minimum atomic E-state index is -2.53. The van der Waals surface area contributed by atoms with Gasteiger partial charge in [-0.05, 0) is 23.9 Å². The van der Waals surface area contributed by atoms with Crippen molar-refractivity contribution in [3.63, 3.8) is 0 Å². The molecule has 1 aliphatic heterocycles. The molecule has 0 saturated carbocycles. The minimum absolute atomic E-state index is 0.0383. The number of hydrazone groups is 1. The number of amides is 2. The van der Waals surface area contributed by atoms with Gasteiger partial charge >= 0.3 is 0 Å². The first-order chi connectivity index (χ1) is 15.7. The second kappa shape index (κ2) is 11.3. The number of carbonyl (C=O) groups excluding carboxylic acids is 2. The molecule has 0 aromatic heterocycles. The molecule has 0 spiro atoms. The van der Waals surface area contributed by atoms with Gasteiger partial charge in [0.15, 0.2) is 10.0 Å². The number of hydrogen-bond donors (Lipinski definition) is 2. The van der Waals surface area contributed by atoms with Crippen LogP contribution in [0.15, 0.2) is 35.4 Å². The standard InChI is InChI=1S/C23H37N5O4S2/c1-8-24-14-15-27(34(31)32)16-23(17-12-10-9-11-13-17)28(19(30)22(5,6)7)26-20(33-23)25-18(29)21(2,3)4/h9-13,24H,8,14-16H2,1-7H3,(H,31,32)(H,25,26,29)/p-1/t23-/m0/s1. The van der Waals surface area contributed by atoms with Gasteiger partial charge in [0.1, 0.15) is 0 Å². The molecule has 2 amide bonds. The van der Waals surface area contributed by atoms with E-state index in [-0.39, 0.29) is 30.1 Å². The van der Waals surface area contributed by atoms with Crippen LogP contribution in [0, 0.1) is 10.8 Å². The highest BCUT2D eigenvalue weighted by Gasteiger charge is 2.52. The number of nitrogens with one attached hydrogen (secondary N) is 2. The topological polar surface area (TPSA) is 117 Å². The maximum Gasteiger partial charge on any atom is 0.249 e. The van der Waals surface area contributed by atoms with Gasteiger partial charge in [-0.3, -0.25) is 13.8 Å². The van der Waals surface area contributed by atoms with E-state index in [4.69, 9.17) is 0 Å². The van der Waals surface area contributed by atoms with Crippen LogP contribution in [-0.4, -0.2) is 61.2 Å². The van der Waals surface area contributed by atoms with Crippen LogP contribution in [0.4, 0.5) is 0 Å². The molecule has 0 radical (unpaired) electrons. The van der Waals surface area contributed by atoms with E-state index in [2.05, 4.69) is 15.7 Å². The molecule has 190 valence electrons. The fourth-order valence-corrected chi connectivity index (χ4v) is 5.04. The van der Waals surface area contributed by atoms with Gasteiger partial charge in [-0.2, -0.15) is 0 Å². The summed E-state index contributed by atoms with van der Waals surface area (Å²) < 4.78 is 25.7. The number of likely N-dealkylation sites (N-methyl/N-ethyl adjacent to an activating group) is 1. The lowest BCUT2D eigenvalue weighted by molar-refractivity contribution is -0.143. The smallest absolute Gasteiger partial charge is 0.249 e. The summed E-state index contributed by atoms with van der Waals surface area (Å²) in [5.41, 5.74) is -0.757. The summed E-state index contributed by atoms with van der Waals surface area (Å²) in [6.45, 7) is 14.0. The number of hydrogen-bond acceptors (Lipinski definition) is 7. The molecule has 0 fully saturated rings. The summed E-state index contributed by atoms with van der Waals surface area (Å²) in [6, 6.07) is 9.21. The second-order valence-electron chi connectivity index (χ2n) is 10.2. The van der Waals surface area contributed by atoms with Crippen molar-refractivity contribution in [1.82, 2.24) is 19.9 Å². The Morgan fingerprint density at radius 1 is 1.15 bits per heavy atom. The number of rotatable bonds is 8. The van der Waals surface area contributed by atoms with E-state index >= 15 is 0 Å². The summed E-state index contributed by atoms with van der Waals surface area (Å²) in [7, 11) is 0. The van der Waals surface area contributed by atoms with Gasteiger partial charge in [0, 0.05) is 41.7 Å². The Kier molecular flexibility index (Phi) is 9.45. The Balaban J connectivity index is 2.59. The molecule has 1 unspecified atom stereocenters. The number of carbonyl (C=O) groups is 2. The average molecular weight is 511 g/mol. The Bertz CT molecular complexity index is 928. The van der Waals surface area contributed by atoms with Gasteiger partial charge in [0.05, 0.1) is 0 Å². The fourth-order valence-electron chi connectivity index (χ4n) is 3.15. The van der Waals surface area contributed by atoms with E-state index < -0.39 is 27.0 Å². The maximum absolute atomic E-state index is 13.6. The van der Waals surface area contributed by atoms with Gasteiger partial charge in [-0.15, -0.1) is 5.10 Å². The number of amidine groups is 1. The van der Waals surface area contributed by atoms with Gasteiger partial charge in [0.25, 0.3) is 0 Å². The number of thioether (sulfide) groups is 1. The highest BCUT2D eigenvalue weighted by molar-refractivity contribution is 8.14. The largest absolute Gasteiger partial charge is 0.760 e. The van der Waals surface area contributed by atoms with Gasteiger partial charge < -0.3 is 15.2 Å². The fraction of sp³-hybridized carbons (Fsp3) is 0.609. The predicted octanol–water partition coefficient (Wildman–Crippen LogP) is 2.60. The molecular formula is C23H36N5O4S2-. The first-order valence-corrected chi connectivity index (χ1v) is 13.1. The van der Waals surface area contributed by atoms with Crippen molar-refractivity contribution in [3.8, 4) is 0 Å². The zero-order valence-corrected chi connectivity index (χ0v) is 22.6. The van der Waals surface area contributed by atoms with Crippen LogP contribution in [0.5, 0.6) is 0 Å². The van der Waals surface area contributed by atoms with Crippen molar-refractivity contribution in [2.24, 2.45) is 15.9 Å². The van der Waals surface area contributed by atoms with E-state index in [0.29, 0.717) is 18.7 Å². The Hall–Kier alpha value is -1.79. The Morgan fingerprint density at radius 2 is 1.76 bits per heavy atom. The lowest BCUT2D eigenvalue weighted by atomic mass is 9.93. The molecule has 2 rings (SSSR count). The molecule has 2 atom stereocenters. The summed E-state index contributed by atoms with van der Waals surface area (Å²) in [6.07, 6.45) is 0.